The molecule has 0 fully saturated rings. The van der Waals surface area contributed by atoms with Gasteiger partial charge in [-0.05, 0) is 36.8 Å². The molecule has 104 valence electrons. The minimum absolute atomic E-state index is 0.0415. The summed E-state index contributed by atoms with van der Waals surface area (Å²) in [6.45, 7) is 1.91. The summed E-state index contributed by atoms with van der Waals surface area (Å²) in [5.41, 5.74) is 1.82. The second-order valence-electron chi connectivity index (χ2n) is 4.34. The quantitative estimate of drug-likeness (QED) is 0.901. The van der Waals surface area contributed by atoms with E-state index in [9.17, 15) is 9.59 Å². The van der Waals surface area contributed by atoms with Crippen LogP contribution >= 0.6 is 15.9 Å². The summed E-state index contributed by atoms with van der Waals surface area (Å²) >= 11 is 3.39. The topological polar surface area (TPSA) is 71.3 Å². The number of nitrogens with one attached hydrogen (secondary N) is 1. The molecule has 0 saturated heterocycles. The van der Waals surface area contributed by atoms with E-state index >= 15 is 0 Å². The summed E-state index contributed by atoms with van der Waals surface area (Å²) in [4.78, 5) is 22.9. The van der Waals surface area contributed by atoms with Crippen molar-refractivity contribution in [2.45, 2.75) is 13.5 Å². The van der Waals surface area contributed by atoms with Crippen LogP contribution in [0.4, 0.5) is 5.69 Å². The Balaban J connectivity index is 2.07. The molecular formula is C14H13BrN2O3. The van der Waals surface area contributed by atoms with Crippen molar-refractivity contribution in [2.24, 2.45) is 0 Å². The first-order chi connectivity index (χ1) is 9.47. The zero-order chi connectivity index (χ0) is 14.7. The third-order valence-corrected chi connectivity index (χ3v) is 3.67. The van der Waals surface area contributed by atoms with Crippen molar-refractivity contribution in [3.63, 3.8) is 0 Å². The fourth-order valence-electron chi connectivity index (χ4n) is 1.77. The molecular weight excluding hydrogens is 324 g/mol. The van der Waals surface area contributed by atoms with Gasteiger partial charge in [0.15, 0.2) is 0 Å². The fourth-order valence-corrected chi connectivity index (χ4v) is 2.15. The first-order valence-electron chi connectivity index (χ1n) is 5.92. The molecule has 1 aromatic carbocycles. The van der Waals surface area contributed by atoms with Crippen LogP contribution in [0.5, 0.6) is 0 Å². The lowest BCUT2D eigenvalue weighted by Crippen LogP contribution is -2.20. The van der Waals surface area contributed by atoms with Gasteiger partial charge < -0.3 is 15.0 Å². The standard InChI is InChI=1S/C14H13BrN2O3/c1-9-4-5-10(7-11(9)15)16-13(18)8-17-6-2-3-12(17)14(19)20/h2-7H,8H2,1H3,(H,16,18)(H,19,20). The van der Waals surface area contributed by atoms with Crippen molar-refractivity contribution in [1.82, 2.24) is 4.57 Å². The summed E-state index contributed by atoms with van der Waals surface area (Å²) in [6.07, 6.45) is 1.56. The number of carbonyl (C=O) groups excluding carboxylic acids is 1. The minimum atomic E-state index is -1.05. The molecule has 0 atom stereocenters. The highest BCUT2D eigenvalue weighted by molar-refractivity contribution is 9.10. The van der Waals surface area contributed by atoms with E-state index < -0.39 is 5.97 Å². The molecule has 0 spiro atoms. The maximum atomic E-state index is 11.9. The van der Waals surface area contributed by atoms with Crippen LogP contribution < -0.4 is 5.32 Å². The molecule has 0 aliphatic rings. The first kappa shape index (κ1) is 14.3. The van der Waals surface area contributed by atoms with Gasteiger partial charge in [0.1, 0.15) is 12.2 Å². The second kappa shape index (κ2) is 5.92. The molecule has 6 heteroatoms. The van der Waals surface area contributed by atoms with Crippen molar-refractivity contribution in [1.29, 1.82) is 0 Å². The molecule has 0 bridgehead atoms. The smallest absolute Gasteiger partial charge is 0.352 e. The number of amides is 1. The van der Waals surface area contributed by atoms with Gasteiger partial charge in [-0.15, -0.1) is 0 Å². The van der Waals surface area contributed by atoms with Crippen LogP contribution in [0, 0.1) is 6.92 Å². The molecule has 20 heavy (non-hydrogen) atoms. The highest BCUT2D eigenvalue weighted by atomic mass is 79.9. The van der Waals surface area contributed by atoms with E-state index in [0.717, 1.165) is 10.0 Å². The monoisotopic (exact) mass is 336 g/mol. The summed E-state index contributed by atoms with van der Waals surface area (Å²) in [5, 5.41) is 11.7. The number of hydrogen-bond acceptors (Lipinski definition) is 2. The molecule has 0 saturated carbocycles. The van der Waals surface area contributed by atoms with E-state index in [1.165, 1.54) is 10.6 Å². The lowest BCUT2D eigenvalue weighted by molar-refractivity contribution is -0.116. The number of anilines is 1. The Kier molecular flexibility index (Phi) is 4.24. The van der Waals surface area contributed by atoms with Gasteiger partial charge in [0, 0.05) is 16.4 Å². The summed E-state index contributed by atoms with van der Waals surface area (Å²) in [6, 6.07) is 8.54. The SMILES string of the molecule is Cc1ccc(NC(=O)Cn2cccc2C(=O)O)cc1Br. The largest absolute Gasteiger partial charge is 0.477 e. The third kappa shape index (κ3) is 3.27. The molecule has 2 aromatic rings. The highest BCUT2D eigenvalue weighted by Crippen LogP contribution is 2.20. The van der Waals surface area contributed by atoms with Crippen molar-refractivity contribution in [3.8, 4) is 0 Å². The van der Waals surface area contributed by atoms with Crippen LogP contribution in [0.15, 0.2) is 41.0 Å². The molecule has 1 amide bonds. The molecule has 1 aromatic heterocycles. The Labute approximate surface area is 124 Å². The van der Waals surface area contributed by atoms with Gasteiger partial charge in [-0.1, -0.05) is 22.0 Å². The van der Waals surface area contributed by atoms with E-state index in [1.807, 2.05) is 13.0 Å². The highest BCUT2D eigenvalue weighted by Gasteiger charge is 2.11. The van der Waals surface area contributed by atoms with Crippen LogP contribution in [0.25, 0.3) is 0 Å². The van der Waals surface area contributed by atoms with E-state index in [0.29, 0.717) is 5.69 Å². The van der Waals surface area contributed by atoms with Gasteiger partial charge in [0.05, 0.1) is 0 Å². The van der Waals surface area contributed by atoms with Crippen molar-refractivity contribution < 1.29 is 14.7 Å². The number of halogens is 1. The number of aromatic carboxylic acids is 1. The summed E-state index contributed by atoms with van der Waals surface area (Å²) in [5.74, 6) is -1.33. The normalized spacial score (nSPS) is 10.3. The average molecular weight is 337 g/mol. The van der Waals surface area contributed by atoms with Crippen molar-refractivity contribution >= 4 is 33.5 Å². The van der Waals surface area contributed by atoms with Gasteiger partial charge in [-0.25, -0.2) is 4.79 Å². The van der Waals surface area contributed by atoms with Gasteiger partial charge in [-0.3, -0.25) is 4.79 Å². The number of carbonyl (C=O) groups is 2. The van der Waals surface area contributed by atoms with Gasteiger partial charge >= 0.3 is 5.97 Å². The number of carboxylic acids is 1. The van der Waals surface area contributed by atoms with Crippen LogP contribution in [0.3, 0.4) is 0 Å². The predicted molar refractivity (Wildman–Crippen MR) is 78.9 cm³/mol. The Morgan fingerprint density at radius 2 is 2.10 bits per heavy atom. The summed E-state index contributed by atoms with van der Waals surface area (Å²) < 4.78 is 2.29. The number of rotatable bonds is 4. The van der Waals surface area contributed by atoms with Crippen LogP contribution in [-0.2, 0) is 11.3 Å². The third-order valence-electron chi connectivity index (χ3n) is 2.82. The lowest BCUT2D eigenvalue weighted by Gasteiger charge is -2.09. The molecule has 0 aliphatic heterocycles. The van der Waals surface area contributed by atoms with Crippen LogP contribution in [-0.4, -0.2) is 21.6 Å². The number of nitrogens with zero attached hydrogens (tertiary/aromatic N) is 1. The first-order valence-corrected chi connectivity index (χ1v) is 6.71. The Bertz CT molecular complexity index is 664. The zero-order valence-corrected chi connectivity index (χ0v) is 12.3. The minimum Gasteiger partial charge on any atom is -0.477 e. The van der Waals surface area contributed by atoms with Gasteiger partial charge in [0.25, 0.3) is 0 Å². The molecule has 2 N–H and O–H groups in total. The maximum Gasteiger partial charge on any atom is 0.352 e. The van der Waals surface area contributed by atoms with E-state index in [4.69, 9.17) is 5.11 Å². The molecule has 0 aliphatic carbocycles. The van der Waals surface area contributed by atoms with Crippen molar-refractivity contribution in [3.05, 3.63) is 52.3 Å². The summed E-state index contributed by atoms with van der Waals surface area (Å²) in [7, 11) is 0. The Morgan fingerprint density at radius 1 is 1.35 bits per heavy atom. The Hall–Kier alpha value is -2.08. The van der Waals surface area contributed by atoms with Crippen LogP contribution in [0.1, 0.15) is 16.1 Å². The number of aromatic nitrogens is 1. The molecule has 0 radical (unpaired) electrons. The second-order valence-corrected chi connectivity index (χ2v) is 5.19. The van der Waals surface area contributed by atoms with Gasteiger partial charge in [-0.2, -0.15) is 0 Å². The van der Waals surface area contributed by atoms with Crippen molar-refractivity contribution in [2.75, 3.05) is 5.32 Å². The van der Waals surface area contributed by atoms with E-state index in [1.54, 1.807) is 24.4 Å². The average Bonchev–Trinajstić information content (AvgIpc) is 2.82. The van der Waals surface area contributed by atoms with Crippen LogP contribution in [0.2, 0.25) is 0 Å². The fraction of sp³-hybridized carbons (Fsp3) is 0.143. The maximum absolute atomic E-state index is 11.9. The predicted octanol–water partition coefficient (Wildman–Crippen LogP) is 2.90. The zero-order valence-electron chi connectivity index (χ0n) is 10.8. The lowest BCUT2D eigenvalue weighted by atomic mass is 10.2. The number of benzene rings is 1. The molecule has 0 unspecified atom stereocenters. The molecule has 1 heterocycles. The van der Waals surface area contributed by atoms with Gasteiger partial charge in [0.2, 0.25) is 5.91 Å². The molecule has 5 nitrogen and oxygen atoms in total. The molecule has 2 rings (SSSR count). The number of carboxylic acid groups (broad SMARTS) is 1. The number of hydrogen-bond donors (Lipinski definition) is 2. The number of aryl methyl sites for hydroxylation is 1. The van der Waals surface area contributed by atoms with E-state index in [2.05, 4.69) is 21.2 Å². The van der Waals surface area contributed by atoms with E-state index in [-0.39, 0.29) is 18.1 Å². The Morgan fingerprint density at radius 3 is 2.75 bits per heavy atom.